The maximum atomic E-state index is 5.98. The van der Waals surface area contributed by atoms with Crippen LogP contribution in [0.1, 0.15) is 56.6 Å². The van der Waals surface area contributed by atoms with Crippen LogP contribution in [0.3, 0.4) is 0 Å². The number of hydrogen-bond acceptors (Lipinski definition) is 5. The first-order chi connectivity index (χ1) is 11.0. The van der Waals surface area contributed by atoms with E-state index in [-0.39, 0.29) is 24.8 Å². The van der Waals surface area contributed by atoms with Crippen LogP contribution in [0.25, 0.3) is 0 Å². The molecule has 1 saturated heterocycles. The monoisotopic (exact) mass is 387 g/mol. The van der Waals surface area contributed by atoms with E-state index in [1.165, 1.54) is 44.3 Å². The first-order valence-corrected chi connectivity index (χ1v) is 9.12. The van der Waals surface area contributed by atoms with Crippen LogP contribution in [0, 0.1) is 5.41 Å². The molecule has 1 spiro atoms. The number of halogens is 2. The third kappa shape index (κ3) is 3.99. The van der Waals surface area contributed by atoms with Crippen LogP contribution >= 0.6 is 24.8 Å². The Morgan fingerprint density at radius 3 is 2.40 bits per heavy atom. The molecule has 1 aliphatic heterocycles. The van der Waals surface area contributed by atoms with Crippen molar-refractivity contribution in [2.45, 2.75) is 56.9 Å². The summed E-state index contributed by atoms with van der Waals surface area (Å²) in [4.78, 5) is 14.1. The summed E-state index contributed by atoms with van der Waals surface area (Å²) in [5.74, 6) is 2.49. The minimum atomic E-state index is 0. The van der Waals surface area contributed by atoms with E-state index in [1.807, 2.05) is 19.0 Å². The lowest BCUT2D eigenvalue weighted by atomic mass is 9.78. The number of nitrogens with zero attached hydrogens (tertiary/aromatic N) is 4. The van der Waals surface area contributed by atoms with Gasteiger partial charge in [-0.15, -0.1) is 24.8 Å². The lowest BCUT2D eigenvalue weighted by molar-refractivity contribution is 0.340. The molecule has 0 bridgehead atoms. The summed E-state index contributed by atoms with van der Waals surface area (Å²) in [5.41, 5.74) is 7.74. The molecule has 0 aromatic carbocycles. The van der Waals surface area contributed by atoms with Crippen molar-refractivity contribution in [2.24, 2.45) is 11.1 Å². The smallest absolute Gasteiger partial charge is 0.227 e. The Hall–Kier alpha value is -0.780. The average molecular weight is 388 g/mol. The Morgan fingerprint density at radius 1 is 1.12 bits per heavy atom. The largest absolute Gasteiger partial charge is 0.356 e. The third-order valence-electron chi connectivity index (χ3n) is 6.14. The fourth-order valence-electron chi connectivity index (χ4n) is 4.58. The fraction of sp³-hybridized carbons (Fsp3) is 0.778. The number of hydrogen-bond donors (Lipinski definition) is 1. The van der Waals surface area contributed by atoms with Gasteiger partial charge < -0.3 is 15.5 Å². The third-order valence-corrected chi connectivity index (χ3v) is 6.14. The number of aromatic nitrogens is 2. The molecule has 25 heavy (non-hydrogen) atoms. The molecule has 0 radical (unpaired) electrons. The molecule has 0 atom stereocenters. The minimum absolute atomic E-state index is 0. The molecule has 142 valence electrons. The van der Waals surface area contributed by atoms with Gasteiger partial charge in [0.15, 0.2) is 0 Å². The van der Waals surface area contributed by atoms with E-state index < -0.39 is 0 Å². The van der Waals surface area contributed by atoms with Crippen LogP contribution in [-0.2, 0) is 0 Å². The summed E-state index contributed by atoms with van der Waals surface area (Å²) in [6.45, 7) is 2.33. The first kappa shape index (κ1) is 20.5. The second-order valence-electron chi connectivity index (χ2n) is 8.15. The quantitative estimate of drug-likeness (QED) is 0.861. The predicted molar refractivity (Wildman–Crippen MR) is 109 cm³/mol. The van der Waals surface area contributed by atoms with Gasteiger partial charge in [0.25, 0.3) is 0 Å². The fourth-order valence-corrected chi connectivity index (χ4v) is 4.58. The van der Waals surface area contributed by atoms with E-state index in [1.54, 1.807) is 0 Å². The van der Waals surface area contributed by atoms with Crippen molar-refractivity contribution in [1.82, 2.24) is 9.97 Å². The van der Waals surface area contributed by atoms with Crippen molar-refractivity contribution in [3.05, 3.63) is 11.8 Å². The van der Waals surface area contributed by atoms with E-state index in [4.69, 9.17) is 15.7 Å². The van der Waals surface area contributed by atoms with E-state index in [0.29, 0.717) is 17.4 Å². The zero-order chi connectivity index (χ0) is 16.0. The lowest BCUT2D eigenvalue weighted by Gasteiger charge is -2.33. The van der Waals surface area contributed by atoms with Gasteiger partial charge in [-0.1, -0.05) is 12.8 Å². The van der Waals surface area contributed by atoms with Gasteiger partial charge >= 0.3 is 0 Å². The summed E-state index contributed by atoms with van der Waals surface area (Å²) < 4.78 is 0. The molecule has 2 heterocycles. The van der Waals surface area contributed by atoms with Crippen molar-refractivity contribution in [3.63, 3.8) is 0 Å². The maximum Gasteiger partial charge on any atom is 0.227 e. The highest BCUT2D eigenvalue weighted by Crippen LogP contribution is 2.46. The topological polar surface area (TPSA) is 58.3 Å². The molecule has 2 saturated carbocycles. The van der Waals surface area contributed by atoms with Crippen LogP contribution in [0.15, 0.2) is 6.07 Å². The van der Waals surface area contributed by atoms with Gasteiger partial charge in [-0.3, -0.25) is 0 Å². The van der Waals surface area contributed by atoms with Crippen LogP contribution < -0.4 is 15.5 Å². The van der Waals surface area contributed by atoms with Crippen LogP contribution in [0.5, 0.6) is 0 Å². The molecule has 0 unspecified atom stereocenters. The second kappa shape index (κ2) is 7.85. The highest BCUT2D eigenvalue weighted by Gasteiger charge is 2.41. The lowest BCUT2D eigenvalue weighted by Crippen LogP contribution is -2.35. The number of rotatable bonds is 3. The summed E-state index contributed by atoms with van der Waals surface area (Å²) >= 11 is 0. The van der Waals surface area contributed by atoms with Crippen molar-refractivity contribution in [3.8, 4) is 0 Å². The molecular weight excluding hydrogens is 357 g/mol. The van der Waals surface area contributed by atoms with Crippen LogP contribution in [0.2, 0.25) is 0 Å². The predicted octanol–water partition coefficient (Wildman–Crippen LogP) is 3.36. The second-order valence-corrected chi connectivity index (χ2v) is 8.15. The molecule has 2 N–H and O–H groups in total. The summed E-state index contributed by atoms with van der Waals surface area (Å²) in [6.07, 6.45) is 9.08. The van der Waals surface area contributed by atoms with Crippen molar-refractivity contribution in [1.29, 1.82) is 0 Å². The highest BCUT2D eigenvalue weighted by atomic mass is 35.5. The summed E-state index contributed by atoms with van der Waals surface area (Å²) in [7, 11) is 4.05. The average Bonchev–Trinajstić information content (AvgIpc) is 3.14. The normalized spacial score (nSPS) is 26.8. The standard InChI is InChI=1S/C18H29N5.2ClH/c1-22(2)17-20-15(13-9-14(19)10-13)11-16(21-17)23-8-7-18(12-23)5-3-4-6-18;;/h11,13-14H,3-10,12,19H2,1-2H3;2*1H. The number of nitrogens with two attached hydrogens (primary N) is 1. The van der Waals surface area contributed by atoms with Gasteiger partial charge in [-0.25, -0.2) is 4.98 Å². The molecule has 3 fully saturated rings. The molecule has 3 aliphatic rings. The molecule has 2 aliphatic carbocycles. The summed E-state index contributed by atoms with van der Waals surface area (Å²) in [6, 6.07) is 2.59. The maximum absolute atomic E-state index is 5.98. The SMILES string of the molecule is CN(C)c1nc(C2CC(N)C2)cc(N2CCC3(CCCC3)C2)n1.Cl.Cl. The van der Waals surface area contributed by atoms with Crippen LogP contribution in [-0.4, -0.2) is 43.2 Å². The van der Waals surface area contributed by atoms with E-state index in [2.05, 4.69) is 11.0 Å². The van der Waals surface area contributed by atoms with Gasteiger partial charge in [0.2, 0.25) is 5.95 Å². The Balaban J connectivity index is 0.00000113. The van der Waals surface area contributed by atoms with Gasteiger partial charge in [-0.05, 0) is 37.5 Å². The van der Waals surface area contributed by atoms with E-state index >= 15 is 0 Å². The van der Waals surface area contributed by atoms with Gasteiger partial charge in [0, 0.05) is 45.2 Å². The molecule has 7 heteroatoms. The first-order valence-electron chi connectivity index (χ1n) is 9.12. The Morgan fingerprint density at radius 2 is 1.80 bits per heavy atom. The zero-order valence-corrected chi connectivity index (χ0v) is 16.9. The summed E-state index contributed by atoms with van der Waals surface area (Å²) in [5, 5.41) is 0. The molecule has 1 aromatic rings. The minimum Gasteiger partial charge on any atom is -0.356 e. The zero-order valence-electron chi connectivity index (χ0n) is 15.3. The van der Waals surface area contributed by atoms with Crippen molar-refractivity contribution >= 4 is 36.6 Å². The van der Waals surface area contributed by atoms with E-state index in [9.17, 15) is 0 Å². The molecule has 4 rings (SSSR count). The van der Waals surface area contributed by atoms with Gasteiger partial charge in [0.1, 0.15) is 5.82 Å². The molecule has 0 amide bonds. The molecule has 1 aromatic heterocycles. The molecular formula is C18H31Cl2N5. The van der Waals surface area contributed by atoms with Crippen LogP contribution in [0.4, 0.5) is 11.8 Å². The van der Waals surface area contributed by atoms with Crippen molar-refractivity contribution in [2.75, 3.05) is 37.0 Å². The Labute approximate surface area is 163 Å². The van der Waals surface area contributed by atoms with Crippen molar-refractivity contribution < 1.29 is 0 Å². The number of anilines is 2. The highest BCUT2D eigenvalue weighted by molar-refractivity contribution is 5.85. The Bertz CT molecular complexity index is 583. The van der Waals surface area contributed by atoms with Gasteiger partial charge in [-0.2, -0.15) is 4.98 Å². The Kier molecular flexibility index (Phi) is 6.45. The van der Waals surface area contributed by atoms with E-state index in [0.717, 1.165) is 31.2 Å². The molecule has 5 nitrogen and oxygen atoms in total. The van der Waals surface area contributed by atoms with Gasteiger partial charge in [0.05, 0.1) is 5.69 Å².